The van der Waals surface area contributed by atoms with Gasteiger partial charge in [0.25, 0.3) is 0 Å². The molecule has 0 aliphatic heterocycles. The molecule has 2 rings (SSSR count). The quantitative estimate of drug-likeness (QED) is 0.666. The summed E-state index contributed by atoms with van der Waals surface area (Å²) in [4.78, 5) is 4.24. The molecule has 0 atom stereocenters. The number of nitrogens with two attached hydrogens (primary N) is 1. The van der Waals surface area contributed by atoms with Crippen molar-refractivity contribution in [2.45, 2.75) is 6.54 Å². The molecule has 0 heterocycles. The van der Waals surface area contributed by atoms with Crippen LogP contribution in [0.3, 0.4) is 0 Å². The van der Waals surface area contributed by atoms with Crippen molar-refractivity contribution in [1.82, 2.24) is 0 Å². The average Bonchev–Trinajstić information content (AvgIpc) is 2.42. The lowest BCUT2D eigenvalue weighted by Gasteiger charge is -2.09. The van der Waals surface area contributed by atoms with E-state index in [9.17, 15) is 0 Å². The van der Waals surface area contributed by atoms with E-state index in [0.717, 1.165) is 5.56 Å². The molecular weight excluding hydrogens is 281 g/mol. The number of anilines is 1. The Hall–Kier alpha value is -1.71. The van der Waals surface area contributed by atoms with Crippen molar-refractivity contribution in [3.8, 4) is 0 Å². The topological polar surface area (TPSA) is 50.4 Å². The predicted octanol–water partition coefficient (Wildman–Crippen LogP) is 3.92. The number of nitrogens with one attached hydrogen (secondary N) is 1. The molecule has 0 bridgehead atoms. The normalized spacial score (nSPS) is 11.4. The van der Waals surface area contributed by atoms with Crippen molar-refractivity contribution >= 4 is 34.8 Å². The maximum Gasteiger partial charge on any atom is 0.193 e. The molecule has 0 saturated carbocycles. The van der Waals surface area contributed by atoms with Crippen LogP contribution in [0.5, 0.6) is 0 Å². The van der Waals surface area contributed by atoms with Gasteiger partial charge in [-0.15, -0.1) is 0 Å². The van der Waals surface area contributed by atoms with Crippen molar-refractivity contribution in [3.05, 3.63) is 64.1 Å². The Morgan fingerprint density at radius 3 is 2.26 bits per heavy atom. The minimum absolute atomic E-state index is 0.277. The number of para-hydroxylation sites is 1. The lowest BCUT2D eigenvalue weighted by molar-refractivity contribution is 1.06. The summed E-state index contributed by atoms with van der Waals surface area (Å²) in [6, 6.07) is 15.1. The molecule has 0 fully saturated rings. The summed E-state index contributed by atoms with van der Waals surface area (Å²) in [5.74, 6) is 0.277. The zero-order chi connectivity index (χ0) is 13.7. The van der Waals surface area contributed by atoms with Crippen LogP contribution in [-0.4, -0.2) is 5.96 Å². The smallest absolute Gasteiger partial charge is 0.193 e. The summed E-state index contributed by atoms with van der Waals surface area (Å²) in [5, 5.41) is 3.92. The number of aliphatic imine (C=N–C) groups is 1. The minimum atomic E-state index is 0.277. The first-order valence-corrected chi connectivity index (χ1v) is 6.47. The number of halogens is 2. The molecule has 5 heteroatoms. The Balaban J connectivity index is 2.07. The summed E-state index contributed by atoms with van der Waals surface area (Å²) in [6.07, 6.45) is 0. The molecule has 0 saturated heterocycles. The molecule has 3 nitrogen and oxygen atoms in total. The third-order valence-corrected chi connectivity index (χ3v) is 3.12. The third kappa shape index (κ3) is 3.88. The fraction of sp³-hybridized carbons (Fsp3) is 0.0714. The SMILES string of the molecule is NC(=NCc1ccccc1)Nc1c(Cl)cccc1Cl. The second kappa shape index (κ2) is 6.45. The maximum absolute atomic E-state index is 6.03. The molecule has 0 radical (unpaired) electrons. The van der Waals surface area contributed by atoms with Crippen LogP contribution in [0.2, 0.25) is 10.0 Å². The van der Waals surface area contributed by atoms with Crippen molar-refractivity contribution in [3.63, 3.8) is 0 Å². The third-order valence-electron chi connectivity index (χ3n) is 2.49. The number of benzene rings is 2. The van der Waals surface area contributed by atoms with Gasteiger partial charge in [-0.1, -0.05) is 59.6 Å². The summed E-state index contributed by atoms with van der Waals surface area (Å²) in [5.41, 5.74) is 7.46. The minimum Gasteiger partial charge on any atom is -0.370 e. The molecule has 2 aromatic rings. The fourth-order valence-electron chi connectivity index (χ4n) is 1.54. The van der Waals surface area contributed by atoms with E-state index in [4.69, 9.17) is 28.9 Å². The maximum atomic E-state index is 6.03. The number of hydrogen-bond donors (Lipinski definition) is 2. The number of nitrogens with zero attached hydrogens (tertiary/aromatic N) is 1. The van der Waals surface area contributed by atoms with Gasteiger partial charge in [0, 0.05) is 0 Å². The van der Waals surface area contributed by atoms with E-state index >= 15 is 0 Å². The Labute approximate surface area is 122 Å². The Morgan fingerprint density at radius 1 is 1.00 bits per heavy atom. The first-order valence-electron chi connectivity index (χ1n) is 5.71. The average molecular weight is 294 g/mol. The van der Waals surface area contributed by atoms with Crippen molar-refractivity contribution in [2.75, 3.05) is 5.32 Å². The molecule has 0 aromatic heterocycles. The highest BCUT2D eigenvalue weighted by Crippen LogP contribution is 2.29. The van der Waals surface area contributed by atoms with E-state index in [1.165, 1.54) is 0 Å². The van der Waals surface area contributed by atoms with Crippen LogP contribution in [-0.2, 0) is 6.54 Å². The highest BCUT2D eigenvalue weighted by Gasteiger charge is 2.05. The largest absolute Gasteiger partial charge is 0.370 e. The Bertz CT molecular complexity index is 562. The van der Waals surface area contributed by atoms with Gasteiger partial charge in [-0.3, -0.25) is 0 Å². The summed E-state index contributed by atoms with van der Waals surface area (Å²) < 4.78 is 0. The second-order valence-corrected chi connectivity index (χ2v) is 4.72. The van der Waals surface area contributed by atoms with Crippen LogP contribution < -0.4 is 11.1 Å². The zero-order valence-corrected chi connectivity index (χ0v) is 11.6. The molecule has 2 aromatic carbocycles. The second-order valence-electron chi connectivity index (χ2n) is 3.91. The molecular formula is C14H13Cl2N3. The number of rotatable bonds is 3. The fourth-order valence-corrected chi connectivity index (χ4v) is 2.04. The van der Waals surface area contributed by atoms with Crippen molar-refractivity contribution in [2.24, 2.45) is 10.7 Å². The monoisotopic (exact) mass is 293 g/mol. The summed E-state index contributed by atoms with van der Waals surface area (Å²) in [6.45, 7) is 0.502. The van der Waals surface area contributed by atoms with E-state index in [-0.39, 0.29) is 5.96 Å². The molecule has 3 N–H and O–H groups in total. The number of guanidine groups is 1. The van der Waals surface area contributed by atoms with E-state index in [2.05, 4.69) is 10.3 Å². The van der Waals surface area contributed by atoms with E-state index in [1.807, 2.05) is 30.3 Å². The molecule has 0 spiro atoms. The first-order chi connectivity index (χ1) is 9.16. The first kappa shape index (κ1) is 13.7. The van der Waals surface area contributed by atoms with Gasteiger partial charge < -0.3 is 11.1 Å². The molecule has 19 heavy (non-hydrogen) atoms. The van der Waals surface area contributed by atoms with Gasteiger partial charge in [0.05, 0.1) is 22.3 Å². The lowest BCUT2D eigenvalue weighted by atomic mass is 10.2. The van der Waals surface area contributed by atoms with E-state index < -0.39 is 0 Å². The highest BCUT2D eigenvalue weighted by atomic mass is 35.5. The van der Waals surface area contributed by atoms with E-state index in [0.29, 0.717) is 22.3 Å². The zero-order valence-electron chi connectivity index (χ0n) is 10.1. The van der Waals surface area contributed by atoms with Crippen molar-refractivity contribution < 1.29 is 0 Å². The molecule has 98 valence electrons. The Morgan fingerprint density at radius 2 is 1.63 bits per heavy atom. The predicted molar refractivity (Wildman–Crippen MR) is 81.9 cm³/mol. The summed E-state index contributed by atoms with van der Waals surface area (Å²) >= 11 is 12.1. The molecule has 0 aliphatic rings. The van der Waals surface area contributed by atoms with Crippen LogP contribution >= 0.6 is 23.2 Å². The van der Waals surface area contributed by atoms with Crippen LogP contribution in [0.15, 0.2) is 53.5 Å². The van der Waals surface area contributed by atoms with Gasteiger partial charge >= 0.3 is 0 Å². The van der Waals surface area contributed by atoms with Gasteiger partial charge in [-0.25, -0.2) is 4.99 Å². The van der Waals surface area contributed by atoms with Crippen LogP contribution in [0, 0.1) is 0 Å². The van der Waals surface area contributed by atoms with Crippen molar-refractivity contribution in [1.29, 1.82) is 0 Å². The molecule has 0 aliphatic carbocycles. The molecule has 0 unspecified atom stereocenters. The van der Waals surface area contributed by atoms with Gasteiger partial charge in [-0.2, -0.15) is 0 Å². The number of hydrogen-bond acceptors (Lipinski definition) is 1. The van der Waals surface area contributed by atoms with Gasteiger partial charge in [-0.05, 0) is 17.7 Å². The van der Waals surface area contributed by atoms with Crippen LogP contribution in [0.1, 0.15) is 5.56 Å². The van der Waals surface area contributed by atoms with Crippen LogP contribution in [0.4, 0.5) is 5.69 Å². The highest BCUT2D eigenvalue weighted by molar-refractivity contribution is 6.39. The lowest BCUT2D eigenvalue weighted by Crippen LogP contribution is -2.23. The van der Waals surface area contributed by atoms with Crippen LogP contribution in [0.25, 0.3) is 0 Å². The van der Waals surface area contributed by atoms with Gasteiger partial charge in [0.1, 0.15) is 0 Å². The van der Waals surface area contributed by atoms with E-state index in [1.54, 1.807) is 18.2 Å². The standard InChI is InChI=1S/C14H13Cl2N3/c15-11-7-4-8-12(16)13(11)19-14(17)18-9-10-5-2-1-3-6-10/h1-8H,9H2,(H3,17,18,19). The van der Waals surface area contributed by atoms with Gasteiger partial charge in [0.2, 0.25) is 0 Å². The summed E-state index contributed by atoms with van der Waals surface area (Å²) in [7, 11) is 0. The molecule has 0 amide bonds. The Kier molecular flexibility index (Phi) is 4.66. The van der Waals surface area contributed by atoms with Gasteiger partial charge in [0.15, 0.2) is 5.96 Å².